The number of thioether (sulfide) groups is 1. The smallest absolute Gasteiger partial charge is 0.339 e. The van der Waals surface area contributed by atoms with Gasteiger partial charge in [0.25, 0.3) is 11.6 Å². The number of para-hydroxylation sites is 1. The zero-order valence-corrected chi connectivity index (χ0v) is 20.3. The molecule has 1 aliphatic rings. The number of amides is 1. The highest BCUT2D eigenvalue weighted by Gasteiger charge is 2.24. The lowest BCUT2D eigenvalue weighted by Gasteiger charge is -2.07. The highest BCUT2D eigenvalue weighted by Crippen LogP contribution is 2.31. The maximum atomic E-state index is 12.5. The van der Waals surface area contributed by atoms with Gasteiger partial charge in [-0.15, -0.1) is 0 Å². The van der Waals surface area contributed by atoms with Gasteiger partial charge in [0.15, 0.2) is 5.17 Å². The van der Waals surface area contributed by atoms with Crippen molar-refractivity contribution in [3.05, 3.63) is 97.9 Å². The largest absolute Gasteiger partial charge is 0.379 e. The van der Waals surface area contributed by atoms with Gasteiger partial charge in [0.05, 0.1) is 15.5 Å². The first-order valence-corrected chi connectivity index (χ1v) is 12.6. The number of nitrogens with one attached hydrogen (secondary N) is 1. The summed E-state index contributed by atoms with van der Waals surface area (Å²) in [6.45, 7) is 0. The normalized spacial score (nSPS) is 16.0. The quantitative estimate of drug-likeness (QED) is 0.194. The molecule has 34 heavy (non-hydrogen) atoms. The second kappa shape index (κ2) is 9.79. The molecule has 1 N–H and O–H groups in total. The topological polar surface area (TPSA) is 128 Å². The fourth-order valence-electron chi connectivity index (χ4n) is 2.85. The van der Waals surface area contributed by atoms with Crippen LogP contribution in [0.5, 0.6) is 5.75 Å². The van der Waals surface area contributed by atoms with Crippen molar-refractivity contribution in [1.29, 1.82) is 0 Å². The number of rotatable bonds is 6. The van der Waals surface area contributed by atoms with Gasteiger partial charge in [-0.2, -0.15) is 8.42 Å². The maximum Gasteiger partial charge on any atom is 0.339 e. The Morgan fingerprint density at radius 3 is 2.50 bits per heavy atom. The van der Waals surface area contributed by atoms with Gasteiger partial charge >= 0.3 is 10.1 Å². The Hall–Kier alpha value is -3.48. The van der Waals surface area contributed by atoms with Crippen molar-refractivity contribution in [3.8, 4) is 5.75 Å². The average Bonchev–Trinajstić information content (AvgIpc) is 3.14. The second-order valence-electron chi connectivity index (χ2n) is 6.79. The average molecular weight is 560 g/mol. The van der Waals surface area contributed by atoms with Crippen LogP contribution in [0.15, 0.2) is 92.1 Å². The number of amidine groups is 1. The molecule has 1 aliphatic heterocycles. The van der Waals surface area contributed by atoms with E-state index < -0.39 is 15.0 Å². The number of carbonyl (C=O) groups is 1. The van der Waals surface area contributed by atoms with E-state index in [-0.39, 0.29) is 22.2 Å². The first-order chi connectivity index (χ1) is 16.2. The molecule has 1 fully saturated rings. The number of nitro groups is 1. The number of halogens is 1. The maximum absolute atomic E-state index is 12.5. The Morgan fingerprint density at radius 1 is 1.06 bits per heavy atom. The molecule has 1 amide bonds. The van der Waals surface area contributed by atoms with E-state index in [1.165, 1.54) is 12.1 Å². The van der Waals surface area contributed by atoms with Crippen LogP contribution in [-0.4, -0.2) is 24.4 Å². The molecular formula is C22H14BrN3O6S2. The molecule has 1 heterocycles. The summed E-state index contributed by atoms with van der Waals surface area (Å²) in [5, 5.41) is 13.9. The summed E-state index contributed by atoms with van der Waals surface area (Å²) in [6, 6.07) is 17.9. The van der Waals surface area contributed by atoms with Gasteiger partial charge in [0.2, 0.25) is 0 Å². The van der Waals surface area contributed by atoms with Crippen molar-refractivity contribution in [2.75, 3.05) is 0 Å². The van der Waals surface area contributed by atoms with Crippen LogP contribution in [0.4, 0.5) is 11.4 Å². The lowest BCUT2D eigenvalue weighted by atomic mass is 10.2. The fourth-order valence-corrected chi connectivity index (χ4v) is 4.98. The number of aliphatic imine (C=N–C) groups is 1. The third-order valence-electron chi connectivity index (χ3n) is 4.42. The van der Waals surface area contributed by atoms with Crippen LogP contribution in [-0.2, 0) is 14.9 Å². The van der Waals surface area contributed by atoms with E-state index in [0.717, 1.165) is 40.5 Å². The summed E-state index contributed by atoms with van der Waals surface area (Å²) in [5.74, 6) is -0.307. The molecule has 0 spiro atoms. The van der Waals surface area contributed by atoms with E-state index >= 15 is 0 Å². The summed E-state index contributed by atoms with van der Waals surface area (Å²) >= 11 is 4.56. The van der Waals surface area contributed by atoms with Crippen molar-refractivity contribution in [2.24, 2.45) is 4.99 Å². The molecule has 9 nitrogen and oxygen atoms in total. The monoisotopic (exact) mass is 559 g/mol. The van der Waals surface area contributed by atoms with Gasteiger partial charge in [-0.05, 0) is 75.7 Å². The lowest BCUT2D eigenvalue weighted by molar-refractivity contribution is -0.384. The molecule has 0 atom stereocenters. The molecular weight excluding hydrogens is 546 g/mol. The van der Waals surface area contributed by atoms with Crippen molar-refractivity contribution in [2.45, 2.75) is 4.90 Å². The molecule has 3 aromatic carbocycles. The van der Waals surface area contributed by atoms with Crippen molar-refractivity contribution >= 4 is 66.3 Å². The molecule has 12 heteroatoms. The van der Waals surface area contributed by atoms with Crippen LogP contribution in [0, 0.1) is 10.1 Å². The molecule has 0 saturated carbocycles. The summed E-state index contributed by atoms with van der Waals surface area (Å²) in [7, 11) is -4.21. The molecule has 0 aliphatic carbocycles. The summed E-state index contributed by atoms with van der Waals surface area (Å²) in [5.41, 5.74) is 0.969. The molecule has 0 unspecified atom stereocenters. The number of non-ortho nitro benzene ring substituents is 1. The van der Waals surface area contributed by atoms with E-state index in [4.69, 9.17) is 4.18 Å². The van der Waals surface area contributed by atoms with Gasteiger partial charge in [-0.25, -0.2) is 4.99 Å². The van der Waals surface area contributed by atoms with Crippen LogP contribution >= 0.6 is 27.7 Å². The van der Waals surface area contributed by atoms with E-state index in [9.17, 15) is 23.3 Å². The Bertz CT molecular complexity index is 1450. The van der Waals surface area contributed by atoms with Crippen LogP contribution in [0.2, 0.25) is 0 Å². The minimum Gasteiger partial charge on any atom is -0.379 e. The predicted molar refractivity (Wildman–Crippen MR) is 132 cm³/mol. The third-order valence-corrected chi connectivity index (χ3v) is 7.27. The number of hydrogen-bond donors (Lipinski definition) is 1. The van der Waals surface area contributed by atoms with Gasteiger partial charge < -0.3 is 9.50 Å². The minimum atomic E-state index is -4.21. The summed E-state index contributed by atoms with van der Waals surface area (Å²) < 4.78 is 31.0. The van der Waals surface area contributed by atoms with Crippen LogP contribution in [0.25, 0.3) is 6.08 Å². The zero-order chi connectivity index (χ0) is 24.3. The minimum absolute atomic E-state index is 0.0261. The second-order valence-corrected chi connectivity index (χ2v) is 10.2. The Kier molecular flexibility index (Phi) is 6.82. The van der Waals surface area contributed by atoms with Gasteiger partial charge in [-0.3, -0.25) is 14.9 Å². The molecule has 0 aromatic heterocycles. The Balaban J connectivity index is 1.53. The van der Waals surface area contributed by atoms with Crippen LogP contribution in [0.3, 0.4) is 0 Å². The van der Waals surface area contributed by atoms with Crippen LogP contribution < -0.4 is 9.50 Å². The van der Waals surface area contributed by atoms with E-state index in [1.54, 1.807) is 24.3 Å². The molecule has 0 radical (unpaired) electrons. The standard InChI is InChI=1S/C22H14BrN3O6S2/c23-18-6-1-2-7-19(18)24-22-25-21(27)20(33-22)13-14-4-3-5-16(12-14)32-34(30,31)17-10-8-15(9-11-17)26(28)29/h1-13H,(H,24,25,27)/b20-13+. The van der Waals surface area contributed by atoms with E-state index in [0.29, 0.717) is 21.3 Å². The van der Waals surface area contributed by atoms with Crippen molar-refractivity contribution in [3.63, 3.8) is 0 Å². The molecule has 172 valence electrons. The first kappa shape index (κ1) is 23.7. The number of hydrogen-bond acceptors (Lipinski definition) is 8. The fraction of sp³-hybridized carbons (Fsp3) is 0. The van der Waals surface area contributed by atoms with Gasteiger partial charge in [0, 0.05) is 16.6 Å². The van der Waals surface area contributed by atoms with Crippen LogP contribution in [0.1, 0.15) is 5.56 Å². The highest BCUT2D eigenvalue weighted by atomic mass is 79.9. The SMILES string of the molecule is O=C1NC(=Nc2ccccc2Br)S/C1=C/c1cccc(OS(=O)(=O)c2ccc([N+](=O)[O-])cc2)c1. The van der Waals surface area contributed by atoms with Crippen molar-refractivity contribution in [1.82, 2.24) is 5.32 Å². The Labute approximate surface area is 207 Å². The summed E-state index contributed by atoms with van der Waals surface area (Å²) in [6.07, 6.45) is 1.59. The predicted octanol–water partition coefficient (Wildman–Crippen LogP) is 5.02. The molecule has 1 saturated heterocycles. The molecule has 3 aromatic rings. The first-order valence-electron chi connectivity index (χ1n) is 9.54. The molecule has 0 bridgehead atoms. The number of carbonyl (C=O) groups excluding carboxylic acids is 1. The van der Waals surface area contributed by atoms with E-state index in [1.807, 2.05) is 18.2 Å². The third kappa shape index (κ3) is 5.53. The lowest BCUT2D eigenvalue weighted by Crippen LogP contribution is -2.19. The van der Waals surface area contributed by atoms with Gasteiger partial charge in [-0.1, -0.05) is 24.3 Å². The summed E-state index contributed by atoms with van der Waals surface area (Å²) in [4.78, 5) is 27.1. The Morgan fingerprint density at radius 2 is 1.79 bits per heavy atom. The van der Waals surface area contributed by atoms with Crippen molar-refractivity contribution < 1.29 is 22.3 Å². The number of benzene rings is 3. The number of nitro benzene ring substituents is 1. The van der Waals surface area contributed by atoms with Gasteiger partial charge in [0.1, 0.15) is 10.6 Å². The van der Waals surface area contributed by atoms with E-state index in [2.05, 4.69) is 26.2 Å². The zero-order valence-electron chi connectivity index (χ0n) is 17.0. The number of nitrogens with zero attached hydrogens (tertiary/aromatic N) is 2. The highest BCUT2D eigenvalue weighted by molar-refractivity contribution is 9.10. The molecule has 4 rings (SSSR count).